The predicted molar refractivity (Wildman–Crippen MR) is 86.0 cm³/mol. The molecule has 1 aromatic rings. The molecule has 3 nitrogen and oxygen atoms in total. The third kappa shape index (κ3) is 5.47. The van der Waals surface area contributed by atoms with Gasteiger partial charge in [0.25, 0.3) is 0 Å². The number of benzene rings is 1. The lowest BCUT2D eigenvalue weighted by atomic mass is 10.3. The Balaban J connectivity index is 2.58. The van der Waals surface area contributed by atoms with Crippen LogP contribution in [0, 0.1) is 0 Å². The molecule has 0 saturated heterocycles. The van der Waals surface area contributed by atoms with Gasteiger partial charge in [-0.15, -0.1) is 0 Å². The van der Waals surface area contributed by atoms with Gasteiger partial charge in [-0.2, -0.15) is 0 Å². The summed E-state index contributed by atoms with van der Waals surface area (Å²) < 4.78 is 5.42. The Hall–Kier alpha value is -1.29. The van der Waals surface area contributed by atoms with Gasteiger partial charge in [0.1, 0.15) is 5.75 Å². The van der Waals surface area contributed by atoms with E-state index in [1.807, 2.05) is 31.2 Å². The second kappa shape index (κ2) is 8.75. The van der Waals surface area contributed by atoms with Gasteiger partial charge in [0.15, 0.2) is 5.11 Å². The number of anilines is 1. The first-order valence-corrected chi connectivity index (χ1v) is 7.40. The van der Waals surface area contributed by atoms with Gasteiger partial charge < -0.3 is 15.0 Å². The van der Waals surface area contributed by atoms with Crippen molar-refractivity contribution in [1.82, 2.24) is 4.90 Å². The van der Waals surface area contributed by atoms with Crippen molar-refractivity contribution in [2.45, 2.75) is 33.6 Å². The van der Waals surface area contributed by atoms with E-state index in [4.69, 9.17) is 17.0 Å². The summed E-state index contributed by atoms with van der Waals surface area (Å²) >= 11 is 5.46. The average molecular weight is 280 g/mol. The maximum Gasteiger partial charge on any atom is 0.173 e. The highest BCUT2D eigenvalue weighted by Gasteiger charge is 2.07. The summed E-state index contributed by atoms with van der Waals surface area (Å²) in [5.74, 6) is 0.887. The summed E-state index contributed by atoms with van der Waals surface area (Å²) in [6, 6.07) is 7.90. The smallest absolute Gasteiger partial charge is 0.173 e. The highest BCUT2D eigenvalue weighted by molar-refractivity contribution is 7.80. The highest BCUT2D eigenvalue weighted by Crippen LogP contribution is 2.16. The summed E-state index contributed by atoms with van der Waals surface area (Å²) in [6.07, 6.45) is 2.20. The summed E-state index contributed by atoms with van der Waals surface area (Å²) in [7, 11) is 0. The van der Waals surface area contributed by atoms with E-state index in [1.165, 1.54) is 0 Å². The standard InChI is InChI=1S/C15H24N2OS/c1-4-11-17(12-5-2)15(19)16-13-7-9-14(10-8-13)18-6-3/h7-10H,4-6,11-12H2,1-3H3,(H,16,19). The van der Waals surface area contributed by atoms with Gasteiger partial charge in [-0.25, -0.2) is 0 Å². The predicted octanol–water partition coefficient (Wildman–Crippen LogP) is 3.90. The van der Waals surface area contributed by atoms with Gasteiger partial charge in [0, 0.05) is 18.8 Å². The SMILES string of the molecule is CCCN(CCC)C(=S)Nc1ccc(OCC)cc1. The van der Waals surface area contributed by atoms with Crippen LogP contribution < -0.4 is 10.1 Å². The zero-order valence-corrected chi connectivity index (χ0v) is 12.9. The molecular formula is C15H24N2OS. The van der Waals surface area contributed by atoms with E-state index in [0.717, 1.165) is 42.5 Å². The number of nitrogens with zero attached hydrogens (tertiary/aromatic N) is 1. The van der Waals surface area contributed by atoms with Crippen LogP contribution in [0.4, 0.5) is 5.69 Å². The zero-order valence-electron chi connectivity index (χ0n) is 12.1. The van der Waals surface area contributed by atoms with Crippen LogP contribution in [0.25, 0.3) is 0 Å². The summed E-state index contributed by atoms with van der Waals surface area (Å²) in [6.45, 7) is 9.00. The van der Waals surface area contributed by atoms with Crippen LogP contribution in [0.1, 0.15) is 33.6 Å². The third-order valence-corrected chi connectivity index (χ3v) is 3.05. The average Bonchev–Trinajstić information content (AvgIpc) is 2.41. The Morgan fingerprint density at radius 2 is 1.68 bits per heavy atom. The summed E-state index contributed by atoms with van der Waals surface area (Å²) in [4.78, 5) is 2.21. The first kappa shape index (κ1) is 15.8. The molecule has 0 saturated carbocycles. The molecule has 0 heterocycles. The van der Waals surface area contributed by atoms with Gasteiger partial charge in [-0.3, -0.25) is 0 Å². The Labute approximate surface area is 121 Å². The van der Waals surface area contributed by atoms with Crippen LogP contribution in [0.2, 0.25) is 0 Å². The summed E-state index contributed by atoms with van der Waals surface area (Å²) in [5, 5.41) is 4.08. The quantitative estimate of drug-likeness (QED) is 0.766. The second-order valence-corrected chi connectivity index (χ2v) is 4.76. The van der Waals surface area contributed by atoms with E-state index in [2.05, 4.69) is 24.1 Å². The van der Waals surface area contributed by atoms with Crippen molar-refractivity contribution in [3.8, 4) is 5.75 Å². The van der Waals surface area contributed by atoms with Crippen molar-refractivity contribution in [1.29, 1.82) is 0 Å². The van der Waals surface area contributed by atoms with Crippen molar-refractivity contribution >= 4 is 23.0 Å². The van der Waals surface area contributed by atoms with E-state index < -0.39 is 0 Å². The second-order valence-electron chi connectivity index (χ2n) is 4.37. The lowest BCUT2D eigenvalue weighted by Gasteiger charge is -2.25. The Kier molecular flexibility index (Phi) is 7.26. The van der Waals surface area contributed by atoms with Crippen LogP contribution in [-0.2, 0) is 0 Å². The molecule has 106 valence electrons. The first-order chi connectivity index (χ1) is 9.21. The first-order valence-electron chi connectivity index (χ1n) is 7.00. The van der Waals surface area contributed by atoms with E-state index in [0.29, 0.717) is 6.61 Å². The number of nitrogens with one attached hydrogen (secondary N) is 1. The largest absolute Gasteiger partial charge is 0.494 e. The Morgan fingerprint density at radius 3 is 2.16 bits per heavy atom. The fourth-order valence-corrected chi connectivity index (χ4v) is 2.16. The van der Waals surface area contributed by atoms with Gasteiger partial charge in [0.2, 0.25) is 0 Å². The van der Waals surface area contributed by atoms with Crippen molar-refractivity contribution in [3.63, 3.8) is 0 Å². The molecule has 0 aliphatic rings. The number of ether oxygens (including phenoxy) is 1. The fourth-order valence-electron chi connectivity index (χ4n) is 1.86. The maximum absolute atomic E-state index is 5.46. The Bertz CT molecular complexity index is 372. The maximum atomic E-state index is 5.46. The van der Waals surface area contributed by atoms with E-state index in [-0.39, 0.29) is 0 Å². The van der Waals surface area contributed by atoms with Crippen LogP contribution in [0.5, 0.6) is 5.75 Å². The highest BCUT2D eigenvalue weighted by atomic mass is 32.1. The van der Waals surface area contributed by atoms with Crippen LogP contribution in [0.3, 0.4) is 0 Å². The van der Waals surface area contributed by atoms with Crippen molar-refractivity contribution < 1.29 is 4.74 Å². The van der Waals surface area contributed by atoms with Gasteiger partial charge in [0.05, 0.1) is 6.61 Å². The zero-order chi connectivity index (χ0) is 14.1. The Morgan fingerprint density at radius 1 is 1.11 bits per heavy atom. The molecule has 1 N–H and O–H groups in total. The molecule has 0 radical (unpaired) electrons. The monoisotopic (exact) mass is 280 g/mol. The third-order valence-electron chi connectivity index (χ3n) is 2.69. The lowest BCUT2D eigenvalue weighted by Crippen LogP contribution is -2.35. The topological polar surface area (TPSA) is 24.5 Å². The van der Waals surface area contributed by atoms with E-state index in [1.54, 1.807) is 0 Å². The van der Waals surface area contributed by atoms with Crippen LogP contribution >= 0.6 is 12.2 Å². The molecule has 0 fully saturated rings. The molecule has 1 rings (SSSR count). The molecule has 4 heteroatoms. The molecule has 0 spiro atoms. The molecule has 0 bridgehead atoms. The number of hydrogen-bond acceptors (Lipinski definition) is 2. The van der Waals surface area contributed by atoms with E-state index in [9.17, 15) is 0 Å². The molecule has 0 aromatic heterocycles. The molecular weight excluding hydrogens is 256 g/mol. The lowest BCUT2D eigenvalue weighted by molar-refractivity contribution is 0.340. The molecule has 0 unspecified atom stereocenters. The number of hydrogen-bond donors (Lipinski definition) is 1. The van der Waals surface area contributed by atoms with Crippen molar-refractivity contribution in [3.05, 3.63) is 24.3 Å². The molecule has 0 aliphatic heterocycles. The van der Waals surface area contributed by atoms with Crippen LogP contribution in [0.15, 0.2) is 24.3 Å². The van der Waals surface area contributed by atoms with E-state index >= 15 is 0 Å². The van der Waals surface area contributed by atoms with Crippen molar-refractivity contribution in [2.24, 2.45) is 0 Å². The fraction of sp³-hybridized carbons (Fsp3) is 0.533. The minimum absolute atomic E-state index is 0.686. The molecule has 1 aromatic carbocycles. The van der Waals surface area contributed by atoms with Crippen molar-refractivity contribution in [2.75, 3.05) is 25.0 Å². The molecule has 19 heavy (non-hydrogen) atoms. The molecule has 0 atom stereocenters. The van der Waals surface area contributed by atoms with Crippen LogP contribution in [-0.4, -0.2) is 29.7 Å². The molecule has 0 aliphatic carbocycles. The van der Waals surface area contributed by atoms with Gasteiger partial charge in [-0.05, 0) is 56.2 Å². The molecule has 0 amide bonds. The number of rotatable bonds is 7. The van der Waals surface area contributed by atoms with Gasteiger partial charge >= 0.3 is 0 Å². The summed E-state index contributed by atoms with van der Waals surface area (Å²) in [5.41, 5.74) is 1.01. The normalized spacial score (nSPS) is 10.1. The number of thiocarbonyl (C=S) groups is 1. The minimum Gasteiger partial charge on any atom is -0.494 e. The minimum atomic E-state index is 0.686. The van der Waals surface area contributed by atoms with Gasteiger partial charge in [-0.1, -0.05) is 13.8 Å².